The van der Waals surface area contributed by atoms with Gasteiger partial charge in [0.05, 0.1) is 17.3 Å². The Morgan fingerprint density at radius 3 is 2.65 bits per heavy atom. The van der Waals surface area contributed by atoms with Crippen LogP contribution < -0.4 is 5.73 Å². The highest BCUT2D eigenvalue weighted by Crippen LogP contribution is 2.35. The maximum Gasteiger partial charge on any atom is 0.258 e. The van der Waals surface area contributed by atoms with Gasteiger partial charge in [0.2, 0.25) is 0 Å². The van der Waals surface area contributed by atoms with Crippen molar-refractivity contribution < 1.29 is 14.3 Å². The molecule has 1 amide bonds. The van der Waals surface area contributed by atoms with E-state index >= 15 is 4.39 Å². The zero-order chi connectivity index (χ0) is 23.9. The molecule has 0 saturated carbocycles. The lowest BCUT2D eigenvalue weighted by Gasteiger charge is -2.26. The van der Waals surface area contributed by atoms with Crippen molar-refractivity contribution in [3.63, 3.8) is 0 Å². The van der Waals surface area contributed by atoms with Crippen LogP contribution in [0, 0.1) is 5.82 Å². The molecule has 3 aromatic heterocycles. The maximum absolute atomic E-state index is 15.4. The third kappa shape index (κ3) is 3.43. The van der Waals surface area contributed by atoms with Crippen LogP contribution in [0.5, 0.6) is 0 Å². The van der Waals surface area contributed by atoms with Crippen molar-refractivity contribution in [2.75, 3.05) is 0 Å². The zero-order valence-electron chi connectivity index (χ0n) is 18.2. The number of H-pyrrole nitrogens is 1. The van der Waals surface area contributed by atoms with E-state index in [1.54, 1.807) is 47.4 Å². The number of nitrogens with two attached hydrogens (primary N) is 1. The second-order valence-corrected chi connectivity index (χ2v) is 7.86. The lowest BCUT2D eigenvalue weighted by Crippen LogP contribution is -2.42. The molecule has 0 saturated heterocycles. The summed E-state index contributed by atoms with van der Waals surface area (Å²) in [6, 6.07) is 14.1. The number of amides is 1. The monoisotopic (exact) mass is 456 g/mol. The van der Waals surface area contributed by atoms with Gasteiger partial charge in [-0.25, -0.2) is 14.4 Å². The molecular formula is C25H21FN6O2. The van der Waals surface area contributed by atoms with E-state index in [9.17, 15) is 9.90 Å². The Labute approximate surface area is 193 Å². The average Bonchev–Trinajstić information content (AvgIpc) is 3.50. The van der Waals surface area contributed by atoms with Crippen LogP contribution in [0.4, 0.5) is 4.39 Å². The highest BCUT2D eigenvalue weighted by atomic mass is 19.1. The van der Waals surface area contributed by atoms with Gasteiger partial charge in [0, 0.05) is 30.1 Å². The molecule has 4 N–H and O–H groups in total. The fourth-order valence-corrected chi connectivity index (χ4v) is 4.03. The number of hydrogen-bond donors (Lipinski definition) is 3. The van der Waals surface area contributed by atoms with Gasteiger partial charge in [0.25, 0.3) is 5.91 Å². The van der Waals surface area contributed by atoms with Crippen LogP contribution in [0.2, 0.25) is 0 Å². The number of primary amides is 1. The average molecular weight is 456 g/mol. The van der Waals surface area contributed by atoms with Crippen LogP contribution in [-0.4, -0.2) is 35.7 Å². The Balaban J connectivity index is 1.60. The van der Waals surface area contributed by atoms with E-state index in [1.807, 2.05) is 13.1 Å². The maximum atomic E-state index is 15.4. The predicted molar refractivity (Wildman–Crippen MR) is 125 cm³/mol. The Morgan fingerprint density at radius 2 is 1.97 bits per heavy atom. The molecule has 9 heteroatoms. The first-order valence-corrected chi connectivity index (χ1v) is 10.7. The first-order valence-electron chi connectivity index (χ1n) is 10.7. The topological polar surface area (TPSA) is 123 Å². The van der Waals surface area contributed by atoms with Gasteiger partial charge in [-0.05, 0) is 30.2 Å². The third-order valence-electron chi connectivity index (χ3n) is 5.84. The summed E-state index contributed by atoms with van der Waals surface area (Å²) in [4.78, 5) is 24.4. The number of halogens is 1. The smallest absolute Gasteiger partial charge is 0.258 e. The molecule has 0 aliphatic carbocycles. The SMILES string of the molecule is CCn1cc(-c2nc3nccc(-c4ccc(C(O)(C(N)=O)c5ccccc5)c(F)c4)c3[nH]2)cn1. The number of aromatic amines is 1. The summed E-state index contributed by atoms with van der Waals surface area (Å²) in [6.07, 6.45) is 5.18. The number of fused-ring (bicyclic) bond motifs is 1. The second kappa shape index (κ2) is 8.20. The Kier molecular flexibility index (Phi) is 5.18. The van der Waals surface area contributed by atoms with Crippen molar-refractivity contribution in [3.05, 3.63) is 90.1 Å². The molecule has 1 atom stereocenters. The van der Waals surface area contributed by atoms with Crippen molar-refractivity contribution >= 4 is 17.1 Å². The Bertz CT molecular complexity index is 1510. The highest BCUT2D eigenvalue weighted by Gasteiger charge is 2.40. The van der Waals surface area contributed by atoms with Gasteiger partial charge in [-0.1, -0.05) is 42.5 Å². The quantitative estimate of drug-likeness (QED) is 0.362. The van der Waals surface area contributed by atoms with E-state index in [0.717, 1.165) is 12.1 Å². The van der Waals surface area contributed by atoms with E-state index in [0.29, 0.717) is 28.1 Å². The van der Waals surface area contributed by atoms with E-state index in [-0.39, 0.29) is 11.1 Å². The summed E-state index contributed by atoms with van der Waals surface area (Å²) in [6.45, 7) is 2.72. The molecule has 0 fully saturated rings. The van der Waals surface area contributed by atoms with Gasteiger partial charge < -0.3 is 15.8 Å². The molecular weight excluding hydrogens is 435 g/mol. The van der Waals surface area contributed by atoms with E-state index in [2.05, 4.69) is 20.1 Å². The van der Waals surface area contributed by atoms with Gasteiger partial charge >= 0.3 is 0 Å². The third-order valence-corrected chi connectivity index (χ3v) is 5.84. The van der Waals surface area contributed by atoms with Crippen LogP contribution >= 0.6 is 0 Å². The van der Waals surface area contributed by atoms with E-state index < -0.39 is 17.3 Å². The molecule has 0 spiro atoms. The molecule has 2 aromatic carbocycles. The van der Waals surface area contributed by atoms with Crippen LogP contribution in [0.15, 0.2) is 73.2 Å². The second-order valence-electron chi connectivity index (χ2n) is 7.86. The van der Waals surface area contributed by atoms with Gasteiger partial charge in [-0.2, -0.15) is 5.10 Å². The van der Waals surface area contributed by atoms with Crippen molar-refractivity contribution in [1.82, 2.24) is 24.7 Å². The molecule has 34 heavy (non-hydrogen) atoms. The summed E-state index contributed by atoms with van der Waals surface area (Å²) in [5, 5.41) is 15.4. The molecule has 5 aromatic rings. The Hall–Kier alpha value is -4.37. The first-order chi connectivity index (χ1) is 16.4. The molecule has 0 radical (unpaired) electrons. The summed E-state index contributed by atoms with van der Waals surface area (Å²) in [5.74, 6) is -1.24. The van der Waals surface area contributed by atoms with Crippen LogP contribution in [0.1, 0.15) is 18.1 Å². The number of carbonyl (C=O) groups excluding carboxylic acids is 1. The number of benzene rings is 2. The number of hydrogen-bond acceptors (Lipinski definition) is 5. The normalized spacial score (nSPS) is 13.1. The minimum absolute atomic E-state index is 0.186. The number of aryl methyl sites for hydroxylation is 1. The highest BCUT2D eigenvalue weighted by molar-refractivity contribution is 5.92. The standard InChI is InChI=1S/C25H21FN6O2/c1-2-32-14-16(13-29-32)22-30-21-18(10-11-28-23(21)31-22)15-8-9-19(20(26)12-15)25(34,24(27)33)17-6-4-3-5-7-17/h3-14,34H,2H2,1H3,(H2,27,33)(H,28,30,31). The molecule has 0 bridgehead atoms. The minimum Gasteiger partial charge on any atom is -0.372 e. The fourth-order valence-electron chi connectivity index (χ4n) is 4.03. The number of imidazole rings is 1. The van der Waals surface area contributed by atoms with Crippen molar-refractivity contribution in [3.8, 4) is 22.5 Å². The number of nitrogens with zero attached hydrogens (tertiary/aromatic N) is 4. The lowest BCUT2D eigenvalue weighted by atomic mass is 9.84. The summed E-state index contributed by atoms with van der Waals surface area (Å²) in [7, 11) is 0. The molecule has 1 unspecified atom stereocenters. The largest absolute Gasteiger partial charge is 0.372 e. The van der Waals surface area contributed by atoms with Gasteiger partial charge in [0.15, 0.2) is 11.2 Å². The van der Waals surface area contributed by atoms with E-state index in [4.69, 9.17) is 5.73 Å². The van der Waals surface area contributed by atoms with E-state index in [1.165, 1.54) is 24.3 Å². The van der Waals surface area contributed by atoms with Crippen LogP contribution in [-0.2, 0) is 16.9 Å². The minimum atomic E-state index is -2.31. The summed E-state index contributed by atoms with van der Waals surface area (Å²) < 4.78 is 17.2. The molecule has 3 heterocycles. The van der Waals surface area contributed by atoms with Gasteiger partial charge in [-0.3, -0.25) is 9.48 Å². The molecule has 0 aliphatic heterocycles. The van der Waals surface area contributed by atoms with Crippen molar-refractivity contribution in [2.24, 2.45) is 5.73 Å². The number of aromatic nitrogens is 5. The number of aliphatic hydroxyl groups is 1. The van der Waals surface area contributed by atoms with Crippen LogP contribution in [0.25, 0.3) is 33.7 Å². The summed E-state index contributed by atoms with van der Waals surface area (Å²) in [5.41, 5.74) is 6.26. The molecule has 5 rings (SSSR count). The fraction of sp³-hybridized carbons (Fsp3) is 0.120. The molecule has 0 aliphatic rings. The van der Waals surface area contributed by atoms with Crippen LogP contribution in [0.3, 0.4) is 0 Å². The predicted octanol–water partition coefficient (Wildman–Crippen LogP) is 3.37. The van der Waals surface area contributed by atoms with Gasteiger partial charge in [-0.15, -0.1) is 0 Å². The van der Waals surface area contributed by atoms with Gasteiger partial charge in [0.1, 0.15) is 11.6 Å². The number of nitrogens with one attached hydrogen (secondary N) is 1. The lowest BCUT2D eigenvalue weighted by molar-refractivity contribution is -0.133. The Morgan fingerprint density at radius 1 is 1.18 bits per heavy atom. The van der Waals surface area contributed by atoms with Crippen molar-refractivity contribution in [2.45, 2.75) is 19.1 Å². The zero-order valence-corrected chi connectivity index (χ0v) is 18.2. The van der Waals surface area contributed by atoms with Crippen molar-refractivity contribution in [1.29, 1.82) is 0 Å². The molecule has 8 nitrogen and oxygen atoms in total. The number of rotatable bonds is 6. The summed E-state index contributed by atoms with van der Waals surface area (Å²) >= 11 is 0. The first kappa shape index (κ1) is 21.5. The number of pyridine rings is 1. The molecule has 170 valence electrons. The number of carbonyl (C=O) groups is 1.